The van der Waals surface area contributed by atoms with E-state index >= 15 is 0 Å². The van der Waals surface area contributed by atoms with Gasteiger partial charge in [-0.1, -0.05) is 74.4 Å². The lowest BCUT2D eigenvalue weighted by molar-refractivity contribution is -0.276. The Morgan fingerprint density at radius 1 is 1.00 bits per heavy atom. The number of rotatable bonds is 9. The summed E-state index contributed by atoms with van der Waals surface area (Å²) in [7, 11) is 0. The molecular formula is C28H38N2O3. The van der Waals surface area contributed by atoms with Crippen LogP contribution in [0.4, 0.5) is 0 Å². The number of ether oxygens (including phenoxy) is 2. The highest BCUT2D eigenvalue weighted by molar-refractivity contribution is 5.27. The summed E-state index contributed by atoms with van der Waals surface area (Å²) in [6, 6.07) is 16.9. The largest absolute Gasteiger partial charge is 0.392 e. The lowest BCUT2D eigenvalue weighted by Crippen LogP contribution is -2.47. The molecule has 0 spiro atoms. The van der Waals surface area contributed by atoms with Crippen LogP contribution in [0.15, 0.2) is 61.2 Å². The second kappa shape index (κ2) is 11.4. The number of benzene rings is 2. The minimum Gasteiger partial charge on any atom is -0.392 e. The van der Waals surface area contributed by atoms with E-state index in [0.29, 0.717) is 12.6 Å². The standard InChI is InChI=1S/C28H38N2O3/c1-3-16-30(25-6-4-5-7-25)18-26-20(2)27(23-12-10-22(19-31)11-13-23)33-28(32-26)24-14-8-21(17-29)9-15-24/h3,8-15,20,25-28,31H,1,4-7,16-19,29H2,2H3. The highest BCUT2D eigenvalue weighted by Crippen LogP contribution is 2.42. The van der Waals surface area contributed by atoms with Gasteiger partial charge in [0.25, 0.3) is 0 Å². The summed E-state index contributed by atoms with van der Waals surface area (Å²) in [6.07, 6.45) is 6.62. The van der Waals surface area contributed by atoms with Crippen molar-refractivity contribution in [3.05, 3.63) is 83.4 Å². The zero-order valence-electron chi connectivity index (χ0n) is 19.7. The first-order valence-corrected chi connectivity index (χ1v) is 12.3. The minimum absolute atomic E-state index is 0.0287. The Hall–Kier alpha value is -2.02. The van der Waals surface area contributed by atoms with E-state index in [1.807, 2.05) is 30.3 Å². The monoisotopic (exact) mass is 450 g/mol. The van der Waals surface area contributed by atoms with Gasteiger partial charge >= 0.3 is 0 Å². The van der Waals surface area contributed by atoms with Crippen LogP contribution in [0.5, 0.6) is 0 Å². The van der Waals surface area contributed by atoms with E-state index in [4.69, 9.17) is 15.2 Å². The van der Waals surface area contributed by atoms with Crippen LogP contribution in [0.3, 0.4) is 0 Å². The number of hydrogen-bond donors (Lipinski definition) is 2. The van der Waals surface area contributed by atoms with Crippen molar-refractivity contribution in [2.75, 3.05) is 13.1 Å². The predicted molar refractivity (Wildman–Crippen MR) is 131 cm³/mol. The molecule has 4 unspecified atom stereocenters. The second-order valence-corrected chi connectivity index (χ2v) is 9.45. The molecule has 2 aliphatic rings. The Morgan fingerprint density at radius 2 is 1.64 bits per heavy atom. The lowest BCUT2D eigenvalue weighted by Gasteiger charge is -2.43. The zero-order valence-corrected chi connectivity index (χ0v) is 19.7. The van der Waals surface area contributed by atoms with Gasteiger partial charge in [0.15, 0.2) is 6.29 Å². The van der Waals surface area contributed by atoms with Crippen molar-refractivity contribution in [3.8, 4) is 0 Å². The molecule has 0 radical (unpaired) electrons. The molecule has 1 saturated carbocycles. The second-order valence-electron chi connectivity index (χ2n) is 9.45. The molecule has 5 heteroatoms. The number of nitrogens with two attached hydrogens (primary N) is 1. The number of aliphatic hydroxyl groups is 1. The summed E-state index contributed by atoms with van der Waals surface area (Å²) in [5.41, 5.74) is 9.92. The number of nitrogens with zero attached hydrogens (tertiary/aromatic N) is 1. The summed E-state index contributed by atoms with van der Waals surface area (Å²) in [6.45, 7) is 8.53. The summed E-state index contributed by atoms with van der Waals surface area (Å²) >= 11 is 0. The summed E-state index contributed by atoms with van der Waals surface area (Å²) in [5, 5.41) is 9.45. The molecule has 0 bridgehead atoms. The van der Waals surface area contributed by atoms with Gasteiger partial charge in [-0.05, 0) is 29.5 Å². The normalized spacial score (nSPS) is 26.1. The van der Waals surface area contributed by atoms with Gasteiger partial charge in [-0.15, -0.1) is 6.58 Å². The van der Waals surface area contributed by atoms with E-state index < -0.39 is 6.29 Å². The molecule has 2 fully saturated rings. The first-order valence-electron chi connectivity index (χ1n) is 12.3. The lowest BCUT2D eigenvalue weighted by atomic mass is 9.89. The fourth-order valence-electron chi connectivity index (χ4n) is 5.18. The molecule has 4 atom stereocenters. The van der Waals surface area contributed by atoms with Gasteiger partial charge < -0.3 is 20.3 Å². The Kier molecular flexibility index (Phi) is 8.34. The first-order chi connectivity index (χ1) is 16.1. The maximum absolute atomic E-state index is 9.45. The van der Waals surface area contributed by atoms with Crippen LogP contribution in [0, 0.1) is 5.92 Å². The van der Waals surface area contributed by atoms with Crippen molar-refractivity contribution in [2.24, 2.45) is 11.7 Å². The average molecular weight is 451 g/mol. The highest BCUT2D eigenvalue weighted by Gasteiger charge is 2.40. The van der Waals surface area contributed by atoms with Gasteiger partial charge in [0, 0.05) is 37.2 Å². The average Bonchev–Trinajstić information content (AvgIpc) is 3.40. The number of aliphatic hydroxyl groups excluding tert-OH is 1. The van der Waals surface area contributed by atoms with Crippen LogP contribution in [-0.2, 0) is 22.6 Å². The Morgan fingerprint density at radius 3 is 2.24 bits per heavy atom. The van der Waals surface area contributed by atoms with Gasteiger partial charge in [0.05, 0.1) is 18.8 Å². The smallest absolute Gasteiger partial charge is 0.184 e. The SMILES string of the molecule is C=CCN(CC1OC(c2ccc(CN)cc2)OC(c2ccc(CO)cc2)C1C)C1CCCC1. The van der Waals surface area contributed by atoms with Crippen molar-refractivity contribution in [1.29, 1.82) is 0 Å². The van der Waals surface area contributed by atoms with Crippen molar-refractivity contribution in [2.45, 2.75) is 70.3 Å². The molecule has 5 nitrogen and oxygen atoms in total. The Balaban J connectivity index is 1.60. The number of hydrogen-bond acceptors (Lipinski definition) is 5. The minimum atomic E-state index is -0.435. The van der Waals surface area contributed by atoms with Crippen LogP contribution in [-0.4, -0.2) is 35.2 Å². The van der Waals surface area contributed by atoms with Crippen molar-refractivity contribution in [1.82, 2.24) is 4.90 Å². The fourth-order valence-corrected chi connectivity index (χ4v) is 5.18. The van der Waals surface area contributed by atoms with E-state index in [-0.39, 0.29) is 24.7 Å². The maximum Gasteiger partial charge on any atom is 0.184 e. The van der Waals surface area contributed by atoms with Gasteiger partial charge in [-0.2, -0.15) is 0 Å². The van der Waals surface area contributed by atoms with Gasteiger partial charge in [0.2, 0.25) is 0 Å². The summed E-state index contributed by atoms with van der Waals surface area (Å²) < 4.78 is 13.2. The zero-order chi connectivity index (χ0) is 23.2. The molecule has 2 aromatic carbocycles. The van der Waals surface area contributed by atoms with Crippen LogP contribution in [0.2, 0.25) is 0 Å². The Labute approximate surface area is 198 Å². The molecule has 1 aliphatic heterocycles. The molecule has 33 heavy (non-hydrogen) atoms. The molecule has 4 rings (SSSR count). The summed E-state index contributed by atoms with van der Waals surface area (Å²) in [5.74, 6) is 0.179. The van der Waals surface area contributed by atoms with E-state index in [2.05, 4.69) is 42.7 Å². The van der Waals surface area contributed by atoms with Crippen molar-refractivity contribution < 1.29 is 14.6 Å². The third kappa shape index (κ3) is 5.73. The molecule has 3 N–H and O–H groups in total. The topological polar surface area (TPSA) is 68.0 Å². The first kappa shape index (κ1) is 24.1. The van der Waals surface area contributed by atoms with Gasteiger partial charge in [0.1, 0.15) is 0 Å². The quantitative estimate of drug-likeness (QED) is 0.534. The van der Waals surface area contributed by atoms with Crippen LogP contribution >= 0.6 is 0 Å². The molecular weight excluding hydrogens is 412 g/mol. The van der Waals surface area contributed by atoms with E-state index in [1.54, 1.807) is 0 Å². The molecule has 178 valence electrons. The molecule has 1 aliphatic carbocycles. The van der Waals surface area contributed by atoms with E-state index in [0.717, 1.165) is 35.3 Å². The van der Waals surface area contributed by atoms with Crippen LogP contribution in [0.1, 0.15) is 67.3 Å². The Bertz CT molecular complexity index is 877. The highest BCUT2D eigenvalue weighted by atomic mass is 16.7. The van der Waals surface area contributed by atoms with Crippen LogP contribution in [0.25, 0.3) is 0 Å². The molecule has 0 amide bonds. The predicted octanol–water partition coefficient (Wildman–Crippen LogP) is 4.86. The fraction of sp³-hybridized carbons (Fsp3) is 0.500. The van der Waals surface area contributed by atoms with Crippen molar-refractivity contribution >= 4 is 0 Å². The molecule has 1 saturated heterocycles. The van der Waals surface area contributed by atoms with Crippen LogP contribution < -0.4 is 5.73 Å². The van der Waals surface area contributed by atoms with Gasteiger partial charge in [-0.25, -0.2) is 0 Å². The summed E-state index contributed by atoms with van der Waals surface area (Å²) in [4.78, 5) is 2.55. The van der Waals surface area contributed by atoms with E-state index in [1.165, 1.54) is 25.7 Å². The molecule has 1 heterocycles. The van der Waals surface area contributed by atoms with E-state index in [9.17, 15) is 5.11 Å². The molecule has 2 aromatic rings. The maximum atomic E-state index is 9.45. The third-order valence-corrected chi connectivity index (χ3v) is 7.23. The van der Waals surface area contributed by atoms with Gasteiger partial charge in [-0.3, -0.25) is 4.90 Å². The van der Waals surface area contributed by atoms with Crippen molar-refractivity contribution in [3.63, 3.8) is 0 Å². The molecule has 0 aromatic heterocycles. The third-order valence-electron chi connectivity index (χ3n) is 7.23.